The van der Waals surface area contributed by atoms with Gasteiger partial charge in [0.25, 0.3) is 0 Å². The Bertz CT molecular complexity index is 2690. The maximum Gasteiger partial charge on any atom is 0.178 e. The molecule has 1 saturated carbocycles. The molecule has 0 atom stereocenters. The second kappa shape index (κ2) is 15.5. The molecule has 11 rings (SSSR count). The average Bonchev–Trinajstić information content (AvgIpc) is 3.58. The molecule has 0 N–H and O–H groups in total. The molecular weight excluding hydrogens is 793 g/mol. The molecule has 1 spiro atoms. The molecule has 328 valence electrons. The molecule has 2 saturated heterocycles. The molecule has 0 radical (unpaired) electrons. The van der Waals surface area contributed by atoms with Crippen LogP contribution in [0.2, 0.25) is 0 Å². The number of hydrogen-bond acceptors (Lipinski definition) is 7. The number of ether oxygens (including phenoxy) is 5. The zero-order chi connectivity index (χ0) is 43.8. The maximum atomic E-state index is 7.97. The molecule has 3 heterocycles. The van der Waals surface area contributed by atoms with Gasteiger partial charge in [-0.3, -0.25) is 0 Å². The minimum absolute atomic E-state index is 0.115. The van der Waals surface area contributed by atoms with E-state index >= 15 is 0 Å². The first-order valence-electron chi connectivity index (χ1n) is 23.2. The fourth-order valence-electron chi connectivity index (χ4n) is 12.8. The van der Waals surface area contributed by atoms with Crippen LogP contribution in [0.4, 0.5) is 11.4 Å². The molecule has 5 aliphatic rings. The van der Waals surface area contributed by atoms with Gasteiger partial charge >= 0.3 is 0 Å². The van der Waals surface area contributed by atoms with Crippen molar-refractivity contribution < 1.29 is 23.7 Å². The van der Waals surface area contributed by atoms with Gasteiger partial charge in [0, 0.05) is 70.6 Å². The van der Waals surface area contributed by atoms with Crippen LogP contribution in [0.3, 0.4) is 0 Å². The van der Waals surface area contributed by atoms with E-state index < -0.39 is 5.60 Å². The third-order valence-electron chi connectivity index (χ3n) is 14.8. The molecule has 6 aromatic carbocycles. The first-order chi connectivity index (χ1) is 31.0. The summed E-state index contributed by atoms with van der Waals surface area (Å²) in [6.07, 6.45) is 8.03. The van der Waals surface area contributed by atoms with Crippen molar-refractivity contribution in [1.29, 1.82) is 0 Å². The maximum absolute atomic E-state index is 7.97. The highest BCUT2D eigenvalue weighted by atomic mass is 16.5. The SMILES string of the molecule is COc1ccc(C2(c3ccc(OC)cc3)C=Cc3c4c(c5cc(N6CCOCC6)c(-c6ccc(N7CCOCC7)cc6)cc5c3O2)-c2ccccc2C42CC(C)(C)CC(C)(C)C2)cc1. The van der Waals surface area contributed by atoms with E-state index in [0.29, 0.717) is 13.2 Å². The second-order valence-electron chi connectivity index (χ2n) is 20.3. The van der Waals surface area contributed by atoms with E-state index in [0.717, 1.165) is 86.0 Å². The molecule has 3 fully saturated rings. The van der Waals surface area contributed by atoms with Crippen LogP contribution in [-0.4, -0.2) is 66.8 Å². The summed E-state index contributed by atoms with van der Waals surface area (Å²) in [6, 6.07) is 40.3. The number of fused-ring (bicyclic) bond motifs is 10. The summed E-state index contributed by atoms with van der Waals surface area (Å²) < 4.78 is 31.0. The largest absolute Gasteiger partial charge is 0.497 e. The van der Waals surface area contributed by atoms with Crippen molar-refractivity contribution in [3.63, 3.8) is 0 Å². The van der Waals surface area contributed by atoms with E-state index in [1.807, 2.05) is 24.3 Å². The molecule has 64 heavy (non-hydrogen) atoms. The van der Waals surface area contributed by atoms with E-state index in [-0.39, 0.29) is 16.2 Å². The summed E-state index contributed by atoms with van der Waals surface area (Å²) in [4.78, 5) is 4.97. The Balaban J connectivity index is 1.22. The molecular formula is C57H60N2O5. The smallest absolute Gasteiger partial charge is 0.178 e. The van der Waals surface area contributed by atoms with E-state index in [4.69, 9.17) is 23.7 Å². The Morgan fingerprint density at radius 3 is 1.75 bits per heavy atom. The number of benzene rings is 6. The summed E-state index contributed by atoms with van der Waals surface area (Å²) in [5.41, 5.74) is 12.7. The van der Waals surface area contributed by atoms with Gasteiger partial charge in [0.1, 0.15) is 17.2 Å². The fourth-order valence-corrected chi connectivity index (χ4v) is 12.8. The van der Waals surface area contributed by atoms with E-state index in [1.54, 1.807) is 14.2 Å². The Morgan fingerprint density at radius 2 is 1.16 bits per heavy atom. The highest BCUT2D eigenvalue weighted by Gasteiger charge is 2.55. The summed E-state index contributed by atoms with van der Waals surface area (Å²) >= 11 is 0. The zero-order valence-electron chi connectivity index (χ0n) is 38.3. The number of morpholine rings is 2. The summed E-state index contributed by atoms with van der Waals surface area (Å²) in [5.74, 6) is 2.54. The van der Waals surface area contributed by atoms with Crippen molar-refractivity contribution >= 4 is 28.2 Å². The highest BCUT2D eigenvalue weighted by Crippen LogP contribution is 2.67. The fraction of sp³-hybridized carbons (Fsp3) is 0.368. The molecule has 2 aliphatic carbocycles. The standard InChI is InChI=1S/C57H60N2O5/c1-54(2)35-55(3,4)37-56(36-54)49-10-8-7-9-44(49)51-47-34-50(59-27-31-63-32-28-59)46(38-11-17-41(18-12-38)58-25-29-62-30-26-58)33-48(47)53-45(52(51)56)23-24-57(64-53,39-13-19-42(60-5)20-14-39)40-15-21-43(61-6)22-16-40/h7-24,33-34H,25-32,35-37H2,1-6H3. The molecule has 0 unspecified atom stereocenters. The predicted octanol–water partition coefficient (Wildman–Crippen LogP) is 12.0. The van der Waals surface area contributed by atoms with Crippen LogP contribution >= 0.6 is 0 Å². The lowest BCUT2D eigenvalue weighted by atomic mass is 9.52. The van der Waals surface area contributed by atoms with Crippen LogP contribution in [0.1, 0.15) is 74.8 Å². The minimum atomic E-state index is -0.945. The average molecular weight is 853 g/mol. The van der Waals surface area contributed by atoms with Gasteiger partial charge in [0.05, 0.1) is 40.6 Å². The van der Waals surface area contributed by atoms with Crippen molar-refractivity contribution in [2.45, 2.75) is 58.0 Å². The van der Waals surface area contributed by atoms with Crippen molar-refractivity contribution in [3.8, 4) is 39.5 Å². The third-order valence-corrected chi connectivity index (χ3v) is 14.8. The van der Waals surface area contributed by atoms with Crippen LogP contribution in [0.15, 0.2) is 115 Å². The Kier molecular flexibility index (Phi) is 9.89. The topological polar surface area (TPSA) is 52.6 Å². The van der Waals surface area contributed by atoms with Crippen LogP contribution < -0.4 is 24.0 Å². The van der Waals surface area contributed by atoms with Crippen LogP contribution in [0, 0.1) is 10.8 Å². The zero-order valence-corrected chi connectivity index (χ0v) is 38.3. The molecule has 0 amide bonds. The molecule has 0 aromatic heterocycles. The predicted molar refractivity (Wildman–Crippen MR) is 260 cm³/mol. The van der Waals surface area contributed by atoms with Crippen molar-refractivity contribution in [2.75, 3.05) is 76.6 Å². The van der Waals surface area contributed by atoms with Gasteiger partial charge in [0.2, 0.25) is 0 Å². The first-order valence-corrected chi connectivity index (χ1v) is 23.2. The van der Waals surface area contributed by atoms with E-state index in [1.165, 1.54) is 62.1 Å². The molecule has 0 bridgehead atoms. The second-order valence-corrected chi connectivity index (χ2v) is 20.3. The first kappa shape index (κ1) is 41.0. The Morgan fingerprint density at radius 1 is 0.578 bits per heavy atom. The number of nitrogens with zero attached hydrogens (tertiary/aromatic N) is 2. The third kappa shape index (κ3) is 6.68. The van der Waals surface area contributed by atoms with Gasteiger partial charge in [-0.1, -0.05) is 94.4 Å². The molecule has 7 nitrogen and oxygen atoms in total. The van der Waals surface area contributed by atoms with E-state index in [2.05, 4.69) is 135 Å². The highest BCUT2D eigenvalue weighted by molar-refractivity contribution is 6.12. The monoisotopic (exact) mass is 852 g/mol. The van der Waals surface area contributed by atoms with Crippen LogP contribution in [0.25, 0.3) is 39.1 Å². The van der Waals surface area contributed by atoms with Gasteiger partial charge in [-0.05, 0) is 118 Å². The lowest BCUT2D eigenvalue weighted by molar-refractivity contribution is 0.0642. The van der Waals surface area contributed by atoms with Gasteiger partial charge in [-0.15, -0.1) is 0 Å². The Hall–Kier alpha value is -5.76. The molecule has 3 aliphatic heterocycles. The van der Waals surface area contributed by atoms with Crippen molar-refractivity contribution in [1.82, 2.24) is 0 Å². The molecule has 6 aromatic rings. The summed E-state index contributed by atoms with van der Waals surface area (Å²) in [6.45, 7) is 16.3. The normalized spacial score (nSPS) is 20.0. The number of anilines is 2. The molecule has 7 heteroatoms. The number of hydrogen-bond donors (Lipinski definition) is 0. The number of rotatable bonds is 7. The summed E-state index contributed by atoms with van der Waals surface area (Å²) in [7, 11) is 3.43. The summed E-state index contributed by atoms with van der Waals surface area (Å²) in [5, 5.41) is 2.36. The van der Waals surface area contributed by atoms with Gasteiger partial charge in [0.15, 0.2) is 5.60 Å². The van der Waals surface area contributed by atoms with Crippen molar-refractivity contribution in [2.24, 2.45) is 10.8 Å². The lowest BCUT2D eigenvalue weighted by Gasteiger charge is -2.52. The Labute approximate surface area is 378 Å². The lowest BCUT2D eigenvalue weighted by Crippen LogP contribution is -2.44. The van der Waals surface area contributed by atoms with Crippen molar-refractivity contribution in [3.05, 3.63) is 143 Å². The van der Waals surface area contributed by atoms with Crippen LogP contribution in [-0.2, 0) is 20.5 Å². The van der Waals surface area contributed by atoms with Gasteiger partial charge < -0.3 is 33.5 Å². The number of methoxy groups -OCH3 is 2. The van der Waals surface area contributed by atoms with Gasteiger partial charge in [-0.25, -0.2) is 0 Å². The minimum Gasteiger partial charge on any atom is -0.497 e. The van der Waals surface area contributed by atoms with Crippen LogP contribution in [0.5, 0.6) is 17.2 Å². The van der Waals surface area contributed by atoms with E-state index in [9.17, 15) is 0 Å². The van der Waals surface area contributed by atoms with Gasteiger partial charge in [-0.2, -0.15) is 0 Å². The quantitative estimate of drug-likeness (QED) is 0.159.